The van der Waals surface area contributed by atoms with Crippen molar-refractivity contribution in [3.05, 3.63) is 0 Å². The van der Waals surface area contributed by atoms with Crippen LogP contribution < -0.4 is 5.32 Å². The first-order valence-corrected chi connectivity index (χ1v) is 9.96. The molecule has 2 saturated heterocycles. The van der Waals surface area contributed by atoms with E-state index >= 15 is 0 Å². The van der Waals surface area contributed by atoms with Gasteiger partial charge in [-0.25, -0.2) is 0 Å². The SMILES string of the molecule is CN=C(NCC(C)(C)N1CCOCC1)N1CCC(OCCCOC)CC1.I. The Hall–Kier alpha value is -0.160. The first kappa shape index (κ1) is 24.9. The first-order valence-electron chi connectivity index (χ1n) is 9.96. The average Bonchev–Trinajstić information content (AvgIpc) is 2.67. The number of rotatable bonds is 8. The number of ether oxygens (including phenoxy) is 3. The van der Waals surface area contributed by atoms with Crippen molar-refractivity contribution in [3.8, 4) is 0 Å². The van der Waals surface area contributed by atoms with E-state index < -0.39 is 0 Å². The van der Waals surface area contributed by atoms with Gasteiger partial charge in [0.05, 0.1) is 19.3 Å². The lowest BCUT2D eigenvalue weighted by Gasteiger charge is -2.42. The number of piperidine rings is 1. The lowest BCUT2D eigenvalue weighted by atomic mass is 10.0. The second-order valence-electron chi connectivity index (χ2n) is 7.72. The number of aliphatic imine (C=N–C) groups is 1. The molecule has 0 unspecified atom stereocenters. The Labute approximate surface area is 182 Å². The maximum atomic E-state index is 5.95. The largest absolute Gasteiger partial charge is 0.385 e. The van der Waals surface area contributed by atoms with Crippen molar-refractivity contribution in [2.45, 2.75) is 44.8 Å². The molecule has 27 heavy (non-hydrogen) atoms. The molecule has 0 atom stereocenters. The third-order valence-corrected chi connectivity index (χ3v) is 5.35. The molecule has 7 nitrogen and oxygen atoms in total. The fourth-order valence-corrected chi connectivity index (χ4v) is 3.60. The number of guanidine groups is 1. The summed E-state index contributed by atoms with van der Waals surface area (Å²) in [6, 6.07) is 0. The van der Waals surface area contributed by atoms with Crippen LogP contribution in [0.1, 0.15) is 33.1 Å². The minimum absolute atomic E-state index is 0. The van der Waals surface area contributed by atoms with Crippen LogP contribution in [-0.2, 0) is 14.2 Å². The maximum absolute atomic E-state index is 5.95. The molecular weight excluding hydrogens is 459 g/mol. The van der Waals surface area contributed by atoms with E-state index in [1.165, 1.54) is 0 Å². The van der Waals surface area contributed by atoms with Gasteiger partial charge in [-0.15, -0.1) is 24.0 Å². The van der Waals surface area contributed by atoms with E-state index in [2.05, 4.69) is 34.0 Å². The van der Waals surface area contributed by atoms with Crippen LogP contribution in [0, 0.1) is 0 Å². The minimum atomic E-state index is 0. The van der Waals surface area contributed by atoms with Crippen LogP contribution in [-0.4, -0.2) is 101 Å². The number of morpholine rings is 1. The van der Waals surface area contributed by atoms with Gasteiger partial charge in [0.1, 0.15) is 0 Å². The van der Waals surface area contributed by atoms with Crippen molar-refractivity contribution in [2.24, 2.45) is 4.99 Å². The minimum Gasteiger partial charge on any atom is -0.385 e. The molecule has 0 amide bonds. The highest BCUT2D eigenvalue weighted by molar-refractivity contribution is 14.0. The van der Waals surface area contributed by atoms with E-state index in [0.29, 0.717) is 6.10 Å². The van der Waals surface area contributed by atoms with Gasteiger partial charge in [0.2, 0.25) is 0 Å². The molecule has 8 heteroatoms. The van der Waals surface area contributed by atoms with E-state index in [1.54, 1.807) is 7.11 Å². The summed E-state index contributed by atoms with van der Waals surface area (Å²) in [5.41, 5.74) is 0.0858. The first-order chi connectivity index (χ1) is 12.6. The Morgan fingerprint density at radius 2 is 1.81 bits per heavy atom. The number of nitrogens with zero attached hydrogens (tertiary/aromatic N) is 3. The molecule has 0 aromatic heterocycles. The van der Waals surface area contributed by atoms with Crippen LogP contribution in [0.5, 0.6) is 0 Å². The molecule has 2 heterocycles. The van der Waals surface area contributed by atoms with Crippen LogP contribution in [0.2, 0.25) is 0 Å². The molecule has 0 saturated carbocycles. The molecule has 2 rings (SSSR count). The van der Waals surface area contributed by atoms with E-state index in [1.807, 2.05) is 7.05 Å². The smallest absolute Gasteiger partial charge is 0.193 e. The number of hydrogen-bond acceptors (Lipinski definition) is 5. The highest BCUT2D eigenvalue weighted by Crippen LogP contribution is 2.17. The number of nitrogens with one attached hydrogen (secondary N) is 1. The van der Waals surface area contributed by atoms with Crippen LogP contribution in [0.4, 0.5) is 0 Å². The normalized spacial score (nSPS) is 20.4. The van der Waals surface area contributed by atoms with E-state index in [4.69, 9.17) is 14.2 Å². The summed E-state index contributed by atoms with van der Waals surface area (Å²) in [6.45, 7) is 12.7. The van der Waals surface area contributed by atoms with Gasteiger partial charge < -0.3 is 24.4 Å². The fourth-order valence-electron chi connectivity index (χ4n) is 3.60. The molecule has 0 aromatic rings. The molecule has 0 bridgehead atoms. The Balaban J connectivity index is 0.00000364. The molecule has 160 valence electrons. The molecule has 2 aliphatic rings. The summed E-state index contributed by atoms with van der Waals surface area (Å²) in [5.74, 6) is 1.00. The van der Waals surface area contributed by atoms with Crippen molar-refractivity contribution in [1.82, 2.24) is 15.1 Å². The van der Waals surface area contributed by atoms with Crippen LogP contribution in [0.25, 0.3) is 0 Å². The fraction of sp³-hybridized carbons (Fsp3) is 0.947. The van der Waals surface area contributed by atoms with Crippen molar-refractivity contribution in [3.63, 3.8) is 0 Å². The van der Waals surface area contributed by atoms with Crippen LogP contribution in [0.3, 0.4) is 0 Å². The highest BCUT2D eigenvalue weighted by atomic mass is 127. The number of likely N-dealkylation sites (tertiary alicyclic amines) is 1. The van der Waals surface area contributed by atoms with Gasteiger partial charge in [-0.2, -0.15) is 0 Å². The molecule has 0 aliphatic carbocycles. The second-order valence-corrected chi connectivity index (χ2v) is 7.72. The van der Waals surface area contributed by atoms with Gasteiger partial charge in [0.25, 0.3) is 0 Å². The lowest BCUT2D eigenvalue weighted by Crippen LogP contribution is -2.57. The van der Waals surface area contributed by atoms with Gasteiger partial charge in [-0.1, -0.05) is 0 Å². The summed E-state index contributed by atoms with van der Waals surface area (Å²) in [6.07, 6.45) is 3.45. The third kappa shape index (κ3) is 8.39. The van der Waals surface area contributed by atoms with E-state index in [0.717, 1.165) is 84.4 Å². The van der Waals surface area contributed by atoms with Crippen molar-refractivity contribution in [2.75, 3.05) is 73.3 Å². The molecule has 0 spiro atoms. The zero-order valence-corrected chi connectivity index (χ0v) is 19.9. The molecule has 0 aromatic carbocycles. The van der Waals surface area contributed by atoms with Crippen molar-refractivity contribution < 1.29 is 14.2 Å². The molecule has 2 aliphatic heterocycles. The second kappa shape index (κ2) is 13.1. The zero-order valence-electron chi connectivity index (χ0n) is 17.5. The standard InChI is InChI=1S/C19H38N4O3.HI/c1-19(2,23-10-14-25-15-11-23)16-21-18(20-3)22-8-6-17(7-9-22)26-13-5-12-24-4;/h17H,5-16H2,1-4H3,(H,20,21);1H. The predicted molar refractivity (Wildman–Crippen MR) is 120 cm³/mol. The van der Waals surface area contributed by atoms with Crippen molar-refractivity contribution >= 4 is 29.9 Å². The molecular formula is C19H39IN4O3. The molecule has 0 radical (unpaired) electrons. The topological polar surface area (TPSA) is 58.6 Å². The van der Waals surface area contributed by atoms with Gasteiger partial charge >= 0.3 is 0 Å². The summed E-state index contributed by atoms with van der Waals surface area (Å²) in [7, 11) is 3.61. The monoisotopic (exact) mass is 498 g/mol. The van der Waals surface area contributed by atoms with Crippen molar-refractivity contribution in [1.29, 1.82) is 0 Å². The van der Waals surface area contributed by atoms with Gasteiger partial charge in [-0.05, 0) is 33.1 Å². The molecule has 2 fully saturated rings. The number of halogens is 1. The summed E-state index contributed by atoms with van der Waals surface area (Å²) in [4.78, 5) is 9.35. The Bertz CT molecular complexity index is 423. The summed E-state index contributed by atoms with van der Waals surface area (Å²) < 4.78 is 16.5. The Morgan fingerprint density at radius 3 is 2.41 bits per heavy atom. The Kier molecular flexibility index (Phi) is 12.1. The van der Waals surface area contributed by atoms with Gasteiger partial charge in [0, 0.05) is 65.6 Å². The Morgan fingerprint density at radius 1 is 1.15 bits per heavy atom. The van der Waals surface area contributed by atoms with Gasteiger partial charge in [0.15, 0.2) is 5.96 Å². The highest BCUT2D eigenvalue weighted by Gasteiger charge is 2.29. The predicted octanol–water partition coefficient (Wildman–Crippen LogP) is 1.81. The van der Waals surface area contributed by atoms with Gasteiger partial charge in [-0.3, -0.25) is 9.89 Å². The van der Waals surface area contributed by atoms with Crippen LogP contribution in [0.15, 0.2) is 4.99 Å². The van der Waals surface area contributed by atoms with E-state index in [-0.39, 0.29) is 29.5 Å². The lowest BCUT2D eigenvalue weighted by molar-refractivity contribution is -0.00887. The molecule has 1 N–H and O–H groups in total. The summed E-state index contributed by atoms with van der Waals surface area (Å²) in [5, 5.41) is 3.59. The number of hydrogen-bond donors (Lipinski definition) is 1. The maximum Gasteiger partial charge on any atom is 0.193 e. The average molecular weight is 498 g/mol. The van der Waals surface area contributed by atoms with E-state index in [9.17, 15) is 0 Å². The quantitative estimate of drug-likeness (QED) is 0.239. The summed E-state index contributed by atoms with van der Waals surface area (Å²) >= 11 is 0. The van der Waals surface area contributed by atoms with Crippen LogP contribution >= 0.6 is 24.0 Å². The number of methoxy groups -OCH3 is 1. The third-order valence-electron chi connectivity index (χ3n) is 5.35. The zero-order chi connectivity index (χ0) is 18.8.